The van der Waals surface area contributed by atoms with Gasteiger partial charge in [-0.1, -0.05) is 12.1 Å². The van der Waals surface area contributed by atoms with Crippen LogP contribution in [0.5, 0.6) is 0 Å². The summed E-state index contributed by atoms with van der Waals surface area (Å²) in [6.07, 6.45) is 3.05. The average molecular weight is 300 g/mol. The summed E-state index contributed by atoms with van der Waals surface area (Å²) in [5.41, 5.74) is 0.596. The molecule has 3 N–H and O–H groups in total. The zero-order chi connectivity index (χ0) is 14.4. The monoisotopic (exact) mass is 300 g/mol. The molecule has 2 heterocycles. The number of rotatable bonds is 8. The molecule has 2 aromatic heterocycles. The second kappa shape index (κ2) is 6.59. The van der Waals surface area contributed by atoms with Crippen molar-refractivity contribution >= 4 is 10.0 Å². The second-order valence-corrected chi connectivity index (χ2v) is 5.70. The summed E-state index contributed by atoms with van der Waals surface area (Å²) < 4.78 is 31.3. The van der Waals surface area contributed by atoms with E-state index < -0.39 is 10.0 Å². The van der Waals surface area contributed by atoms with Crippen LogP contribution in [0.4, 0.5) is 0 Å². The molecule has 110 valence electrons. The van der Waals surface area contributed by atoms with Crippen LogP contribution in [0.15, 0.2) is 22.1 Å². The third kappa shape index (κ3) is 3.62. The molecule has 0 aliphatic rings. The number of hydrogen-bond donors (Lipinski definition) is 3. The largest absolute Gasteiger partial charge is 0.343 e. The van der Waals surface area contributed by atoms with Crippen LogP contribution < -0.4 is 10.0 Å². The highest BCUT2D eigenvalue weighted by atomic mass is 32.2. The zero-order valence-electron chi connectivity index (χ0n) is 11.0. The Morgan fingerprint density at radius 2 is 2.30 bits per heavy atom. The molecule has 9 nitrogen and oxygen atoms in total. The number of aromatic amines is 1. The predicted molar refractivity (Wildman–Crippen MR) is 69.2 cm³/mol. The lowest BCUT2D eigenvalue weighted by atomic mass is 10.3. The Hall–Kier alpha value is -1.78. The quantitative estimate of drug-likeness (QED) is 0.595. The maximum absolute atomic E-state index is 12.1. The average Bonchev–Trinajstić information content (AvgIpc) is 3.07. The van der Waals surface area contributed by atoms with Gasteiger partial charge in [-0.2, -0.15) is 10.1 Å². The van der Waals surface area contributed by atoms with Gasteiger partial charge in [0, 0.05) is 25.1 Å². The smallest absolute Gasteiger partial charge is 0.257 e. The fraction of sp³-hybridized carbons (Fsp3) is 0.500. The number of nitrogens with one attached hydrogen (secondary N) is 3. The minimum Gasteiger partial charge on any atom is -0.343 e. The van der Waals surface area contributed by atoms with Gasteiger partial charge in [0.25, 0.3) is 10.0 Å². The van der Waals surface area contributed by atoms with Crippen LogP contribution in [0, 0.1) is 0 Å². The SMILES string of the molecule is CCNCc1cn[nH]c1S(=O)(=O)NCCc1ncon1. The fourth-order valence-electron chi connectivity index (χ4n) is 1.59. The van der Waals surface area contributed by atoms with E-state index in [1.54, 1.807) is 0 Å². The number of H-pyrrole nitrogens is 1. The molecular formula is C10H16N6O3S. The predicted octanol–water partition coefficient (Wildman–Crippen LogP) is -0.577. The molecule has 0 saturated carbocycles. The molecule has 0 saturated heterocycles. The van der Waals surface area contributed by atoms with E-state index in [1.165, 1.54) is 12.6 Å². The Morgan fingerprint density at radius 1 is 1.45 bits per heavy atom. The number of hydrogen-bond acceptors (Lipinski definition) is 7. The van der Waals surface area contributed by atoms with E-state index in [1.807, 2.05) is 6.92 Å². The Labute approximate surface area is 116 Å². The summed E-state index contributed by atoms with van der Waals surface area (Å²) in [5.74, 6) is 0.449. The van der Waals surface area contributed by atoms with Gasteiger partial charge in [-0.05, 0) is 6.54 Å². The molecule has 20 heavy (non-hydrogen) atoms. The van der Waals surface area contributed by atoms with Gasteiger partial charge in [-0.25, -0.2) is 13.1 Å². The summed E-state index contributed by atoms with van der Waals surface area (Å²) >= 11 is 0. The van der Waals surface area contributed by atoms with Gasteiger partial charge in [0.1, 0.15) is 0 Å². The highest BCUT2D eigenvalue weighted by Crippen LogP contribution is 2.11. The van der Waals surface area contributed by atoms with Crippen molar-refractivity contribution in [1.29, 1.82) is 0 Å². The summed E-state index contributed by atoms with van der Waals surface area (Å²) in [6.45, 7) is 3.31. The van der Waals surface area contributed by atoms with Crippen molar-refractivity contribution in [3.63, 3.8) is 0 Å². The first-order valence-electron chi connectivity index (χ1n) is 6.11. The van der Waals surface area contributed by atoms with Gasteiger partial charge in [0.2, 0.25) is 6.39 Å². The third-order valence-corrected chi connectivity index (χ3v) is 4.04. The molecule has 2 aromatic rings. The molecule has 2 rings (SSSR count). The van der Waals surface area contributed by atoms with Crippen LogP contribution >= 0.6 is 0 Å². The van der Waals surface area contributed by atoms with Crippen LogP contribution in [0.1, 0.15) is 18.3 Å². The van der Waals surface area contributed by atoms with Crippen LogP contribution in [-0.2, 0) is 23.0 Å². The summed E-state index contributed by atoms with van der Waals surface area (Å²) in [4.78, 5) is 3.81. The molecule has 0 spiro atoms. The number of nitrogens with zero attached hydrogens (tertiary/aromatic N) is 3. The Bertz CT molecular complexity index is 621. The molecule has 0 radical (unpaired) electrons. The van der Waals surface area contributed by atoms with E-state index in [9.17, 15) is 8.42 Å². The molecule has 0 atom stereocenters. The van der Waals surface area contributed by atoms with E-state index in [-0.39, 0.29) is 11.6 Å². The summed E-state index contributed by atoms with van der Waals surface area (Å²) in [6, 6.07) is 0. The van der Waals surface area contributed by atoms with Crippen molar-refractivity contribution in [1.82, 2.24) is 30.4 Å². The Balaban J connectivity index is 1.97. The lowest BCUT2D eigenvalue weighted by Crippen LogP contribution is -2.28. The molecule has 0 aromatic carbocycles. The first-order chi connectivity index (χ1) is 9.63. The molecule has 0 fully saturated rings. The van der Waals surface area contributed by atoms with E-state index >= 15 is 0 Å². The lowest BCUT2D eigenvalue weighted by molar-refractivity contribution is 0.409. The molecule has 0 unspecified atom stereocenters. The summed E-state index contributed by atoms with van der Waals surface area (Å²) in [5, 5.41) is 13.0. The zero-order valence-corrected chi connectivity index (χ0v) is 11.8. The maximum atomic E-state index is 12.1. The van der Waals surface area contributed by atoms with E-state index in [0.717, 1.165) is 6.54 Å². The molecule has 10 heteroatoms. The first-order valence-corrected chi connectivity index (χ1v) is 7.59. The molecular weight excluding hydrogens is 284 g/mol. The van der Waals surface area contributed by atoms with Gasteiger partial charge in [0.05, 0.1) is 6.20 Å². The Kier molecular flexibility index (Phi) is 4.82. The first kappa shape index (κ1) is 14.6. The third-order valence-electron chi connectivity index (χ3n) is 2.56. The number of aromatic nitrogens is 4. The van der Waals surface area contributed by atoms with Gasteiger partial charge >= 0.3 is 0 Å². The molecule has 0 aliphatic carbocycles. The van der Waals surface area contributed by atoms with E-state index in [2.05, 4.69) is 34.9 Å². The van der Waals surface area contributed by atoms with Gasteiger partial charge in [-0.3, -0.25) is 5.10 Å². The second-order valence-electron chi connectivity index (χ2n) is 4.00. The normalized spacial score (nSPS) is 11.8. The van der Waals surface area contributed by atoms with Crippen LogP contribution in [-0.4, -0.2) is 41.8 Å². The summed E-state index contributed by atoms with van der Waals surface area (Å²) in [7, 11) is -3.63. The van der Waals surface area contributed by atoms with Crippen molar-refractivity contribution in [2.45, 2.75) is 24.9 Å². The van der Waals surface area contributed by atoms with E-state index in [4.69, 9.17) is 0 Å². The minimum absolute atomic E-state index is 0.0755. The van der Waals surface area contributed by atoms with Crippen molar-refractivity contribution in [2.24, 2.45) is 0 Å². The fourth-order valence-corrected chi connectivity index (χ4v) is 2.75. The van der Waals surface area contributed by atoms with Crippen molar-refractivity contribution < 1.29 is 12.9 Å². The maximum Gasteiger partial charge on any atom is 0.257 e. The highest BCUT2D eigenvalue weighted by molar-refractivity contribution is 7.89. The van der Waals surface area contributed by atoms with Gasteiger partial charge in [-0.15, -0.1) is 0 Å². The van der Waals surface area contributed by atoms with E-state index in [0.29, 0.717) is 24.4 Å². The Morgan fingerprint density at radius 3 is 3.00 bits per heavy atom. The minimum atomic E-state index is -3.63. The van der Waals surface area contributed by atoms with Crippen LogP contribution in [0.25, 0.3) is 0 Å². The topological polar surface area (TPSA) is 126 Å². The molecule has 0 bridgehead atoms. The molecule has 0 amide bonds. The van der Waals surface area contributed by atoms with Crippen LogP contribution in [0.2, 0.25) is 0 Å². The van der Waals surface area contributed by atoms with Crippen LogP contribution in [0.3, 0.4) is 0 Å². The van der Waals surface area contributed by atoms with Crippen molar-refractivity contribution in [3.05, 3.63) is 24.0 Å². The highest BCUT2D eigenvalue weighted by Gasteiger charge is 2.20. The van der Waals surface area contributed by atoms with Gasteiger partial charge < -0.3 is 9.84 Å². The molecule has 0 aliphatic heterocycles. The lowest BCUT2D eigenvalue weighted by Gasteiger charge is -2.06. The van der Waals surface area contributed by atoms with Crippen molar-refractivity contribution in [2.75, 3.05) is 13.1 Å². The standard InChI is InChI=1S/C10H16N6O3S/c1-2-11-5-8-6-13-15-10(8)20(17,18)14-4-3-9-12-7-19-16-9/h6-7,11,14H,2-5H2,1H3,(H,13,15). The van der Waals surface area contributed by atoms with Crippen molar-refractivity contribution in [3.8, 4) is 0 Å². The van der Waals surface area contributed by atoms with Gasteiger partial charge in [0.15, 0.2) is 10.9 Å². The number of sulfonamides is 1.